The summed E-state index contributed by atoms with van der Waals surface area (Å²) in [6.07, 6.45) is 1.01. The normalized spacial score (nSPS) is 19.0. The van der Waals surface area contributed by atoms with E-state index in [0.29, 0.717) is 35.4 Å². The third kappa shape index (κ3) is 4.94. The quantitative estimate of drug-likeness (QED) is 0.405. The van der Waals surface area contributed by atoms with E-state index in [0.717, 1.165) is 28.1 Å². The molecule has 194 valence electrons. The minimum atomic E-state index is -0.588. The van der Waals surface area contributed by atoms with Gasteiger partial charge in [-0.3, -0.25) is 4.79 Å². The second kappa shape index (κ2) is 11.0. The molecule has 1 heterocycles. The third-order valence-electron chi connectivity index (χ3n) is 7.30. The lowest BCUT2D eigenvalue weighted by atomic mass is 9.71. The summed E-state index contributed by atoms with van der Waals surface area (Å²) >= 11 is 0. The van der Waals surface area contributed by atoms with Gasteiger partial charge in [0.2, 0.25) is 0 Å². The van der Waals surface area contributed by atoms with Crippen LogP contribution in [-0.4, -0.2) is 26.0 Å². The van der Waals surface area contributed by atoms with E-state index in [9.17, 15) is 9.59 Å². The third-order valence-corrected chi connectivity index (χ3v) is 7.30. The van der Waals surface area contributed by atoms with Gasteiger partial charge in [0, 0.05) is 29.0 Å². The van der Waals surface area contributed by atoms with Crippen LogP contribution in [0, 0.1) is 0 Å². The Morgan fingerprint density at radius 3 is 2.32 bits per heavy atom. The zero-order valence-corrected chi connectivity index (χ0v) is 21.8. The summed E-state index contributed by atoms with van der Waals surface area (Å²) in [5.74, 6) is 0.396. The maximum atomic E-state index is 13.8. The number of carbonyl (C=O) groups is 2. The Balaban J connectivity index is 1.52. The van der Waals surface area contributed by atoms with Crippen LogP contribution < -0.4 is 14.8 Å². The molecule has 0 aromatic heterocycles. The highest BCUT2D eigenvalue weighted by molar-refractivity contribution is 6.04. The molecule has 0 unspecified atom stereocenters. The van der Waals surface area contributed by atoms with Crippen molar-refractivity contribution in [3.05, 3.63) is 118 Å². The minimum Gasteiger partial charge on any atom is -0.497 e. The summed E-state index contributed by atoms with van der Waals surface area (Å²) < 4.78 is 16.7. The van der Waals surface area contributed by atoms with Crippen molar-refractivity contribution in [2.75, 3.05) is 14.2 Å². The molecule has 0 amide bonds. The topological polar surface area (TPSA) is 73.9 Å². The van der Waals surface area contributed by atoms with Crippen molar-refractivity contribution in [2.45, 2.75) is 38.2 Å². The molecule has 0 saturated carbocycles. The van der Waals surface area contributed by atoms with Crippen molar-refractivity contribution in [1.82, 2.24) is 5.32 Å². The van der Waals surface area contributed by atoms with E-state index in [1.165, 1.54) is 0 Å². The average molecular weight is 510 g/mol. The molecule has 0 saturated heterocycles. The van der Waals surface area contributed by atoms with Gasteiger partial charge in [-0.05, 0) is 48.6 Å². The summed E-state index contributed by atoms with van der Waals surface area (Å²) in [7, 11) is 3.24. The van der Waals surface area contributed by atoms with Gasteiger partial charge in [-0.1, -0.05) is 60.7 Å². The molecule has 1 aliphatic carbocycles. The molecule has 3 aromatic rings. The molecule has 5 rings (SSSR count). The first-order valence-corrected chi connectivity index (χ1v) is 12.7. The van der Waals surface area contributed by atoms with Crippen molar-refractivity contribution in [3.63, 3.8) is 0 Å². The second-order valence-electron chi connectivity index (χ2n) is 9.59. The van der Waals surface area contributed by atoms with Gasteiger partial charge in [-0.15, -0.1) is 0 Å². The van der Waals surface area contributed by atoms with Crippen LogP contribution in [0.2, 0.25) is 0 Å². The molecule has 0 radical (unpaired) electrons. The van der Waals surface area contributed by atoms with Crippen molar-refractivity contribution < 1.29 is 23.8 Å². The Morgan fingerprint density at radius 2 is 1.61 bits per heavy atom. The van der Waals surface area contributed by atoms with Crippen LogP contribution in [0.15, 0.2) is 101 Å². The molecule has 1 N–H and O–H groups in total. The number of para-hydroxylation sites is 1. The van der Waals surface area contributed by atoms with Gasteiger partial charge in [0.25, 0.3) is 0 Å². The molecule has 0 fully saturated rings. The largest absolute Gasteiger partial charge is 0.497 e. The molecule has 3 aromatic carbocycles. The van der Waals surface area contributed by atoms with Crippen LogP contribution in [0.25, 0.3) is 0 Å². The number of ether oxygens (including phenoxy) is 3. The summed E-state index contributed by atoms with van der Waals surface area (Å²) in [4.78, 5) is 27.4. The van der Waals surface area contributed by atoms with E-state index in [1.54, 1.807) is 14.2 Å². The van der Waals surface area contributed by atoms with Crippen molar-refractivity contribution in [3.8, 4) is 11.5 Å². The first-order chi connectivity index (χ1) is 18.5. The second-order valence-corrected chi connectivity index (χ2v) is 9.59. The van der Waals surface area contributed by atoms with E-state index in [1.807, 2.05) is 85.8 Å². The standard InChI is InChI=1S/C32H31NO5/c1-20-29(32(35)38-19-21-9-5-4-6-10-21)30(25-11-7-8-12-28(25)37-3)31-26(33-20)17-23(18-27(31)34)22-13-15-24(36-2)16-14-22/h4-16,23,30,33H,17-19H2,1-3H3/t23-,30-/m0/s1. The number of nitrogens with one attached hydrogen (secondary N) is 1. The first-order valence-electron chi connectivity index (χ1n) is 12.7. The van der Waals surface area contributed by atoms with Gasteiger partial charge in [-0.25, -0.2) is 4.79 Å². The van der Waals surface area contributed by atoms with E-state index < -0.39 is 11.9 Å². The van der Waals surface area contributed by atoms with Gasteiger partial charge in [0.05, 0.1) is 25.7 Å². The molecule has 6 heteroatoms. The Kier molecular flexibility index (Phi) is 7.31. The Morgan fingerprint density at radius 1 is 0.895 bits per heavy atom. The zero-order valence-electron chi connectivity index (χ0n) is 21.8. The van der Waals surface area contributed by atoms with Gasteiger partial charge in [-0.2, -0.15) is 0 Å². The molecule has 1 aliphatic heterocycles. The molecule has 2 atom stereocenters. The summed E-state index contributed by atoms with van der Waals surface area (Å²) in [5, 5.41) is 3.41. The Bertz CT molecular complexity index is 1410. The monoisotopic (exact) mass is 509 g/mol. The minimum absolute atomic E-state index is 0.0105. The van der Waals surface area contributed by atoms with Crippen LogP contribution in [0.1, 0.15) is 48.3 Å². The summed E-state index contributed by atoms with van der Waals surface area (Å²) in [6, 6.07) is 25.0. The van der Waals surface area contributed by atoms with Crippen LogP contribution in [0.5, 0.6) is 11.5 Å². The lowest BCUT2D eigenvalue weighted by molar-refractivity contribution is -0.140. The Hall–Kier alpha value is -4.32. The lowest BCUT2D eigenvalue weighted by Gasteiger charge is -2.37. The smallest absolute Gasteiger partial charge is 0.337 e. The van der Waals surface area contributed by atoms with Crippen molar-refractivity contribution in [1.29, 1.82) is 0 Å². The van der Waals surface area contributed by atoms with E-state index in [-0.39, 0.29) is 18.3 Å². The predicted octanol–water partition coefficient (Wildman–Crippen LogP) is 5.81. The Labute approximate surface area is 222 Å². The van der Waals surface area contributed by atoms with E-state index >= 15 is 0 Å². The number of allylic oxidation sites excluding steroid dienone is 3. The number of hydrogen-bond acceptors (Lipinski definition) is 6. The van der Waals surface area contributed by atoms with Crippen LogP contribution in [0.4, 0.5) is 0 Å². The summed E-state index contributed by atoms with van der Waals surface area (Å²) in [6.45, 7) is 2.02. The van der Waals surface area contributed by atoms with Crippen LogP contribution >= 0.6 is 0 Å². The fourth-order valence-electron chi connectivity index (χ4n) is 5.44. The first kappa shape index (κ1) is 25.3. The van der Waals surface area contributed by atoms with Crippen molar-refractivity contribution in [2.24, 2.45) is 0 Å². The van der Waals surface area contributed by atoms with Gasteiger partial charge in [0.1, 0.15) is 18.1 Å². The number of Topliss-reactive ketones (excluding diaryl/α,β-unsaturated/α-hetero) is 1. The zero-order chi connectivity index (χ0) is 26.6. The molecular weight excluding hydrogens is 478 g/mol. The fraction of sp³-hybridized carbons (Fsp3) is 0.250. The highest BCUT2D eigenvalue weighted by Crippen LogP contribution is 2.47. The van der Waals surface area contributed by atoms with Gasteiger partial charge >= 0.3 is 5.97 Å². The lowest BCUT2D eigenvalue weighted by Crippen LogP contribution is -2.36. The van der Waals surface area contributed by atoms with E-state index in [2.05, 4.69) is 5.32 Å². The highest BCUT2D eigenvalue weighted by atomic mass is 16.5. The van der Waals surface area contributed by atoms with Gasteiger partial charge < -0.3 is 19.5 Å². The van der Waals surface area contributed by atoms with Crippen molar-refractivity contribution >= 4 is 11.8 Å². The fourth-order valence-corrected chi connectivity index (χ4v) is 5.44. The number of dihydropyridines is 1. The number of methoxy groups -OCH3 is 2. The number of esters is 1. The maximum Gasteiger partial charge on any atom is 0.337 e. The summed E-state index contributed by atoms with van der Waals surface area (Å²) in [5.41, 5.74) is 5.31. The molecule has 0 bridgehead atoms. The predicted molar refractivity (Wildman–Crippen MR) is 145 cm³/mol. The van der Waals surface area contributed by atoms with Gasteiger partial charge in [0.15, 0.2) is 5.78 Å². The number of carbonyl (C=O) groups excluding carboxylic acids is 2. The highest BCUT2D eigenvalue weighted by Gasteiger charge is 2.42. The van der Waals surface area contributed by atoms with Crippen LogP contribution in [0.3, 0.4) is 0 Å². The number of benzene rings is 3. The maximum absolute atomic E-state index is 13.8. The number of hydrogen-bond donors (Lipinski definition) is 1. The molecular formula is C32H31NO5. The SMILES string of the molecule is COc1ccc([C@@H]2CC(=O)C3=C(C2)NC(C)=C(C(=O)OCc2ccccc2)[C@@H]3c2ccccc2OC)cc1. The van der Waals surface area contributed by atoms with E-state index in [4.69, 9.17) is 14.2 Å². The number of rotatable bonds is 7. The molecule has 6 nitrogen and oxygen atoms in total. The number of ketones is 1. The molecule has 0 spiro atoms. The molecule has 38 heavy (non-hydrogen) atoms. The molecule has 2 aliphatic rings. The average Bonchev–Trinajstić information content (AvgIpc) is 2.95. The van der Waals surface area contributed by atoms with Crippen LogP contribution in [-0.2, 0) is 20.9 Å².